The number of hydrogen-bond acceptors (Lipinski definition) is 7. The lowest BCUT2D eigenvalue weighted by Gasteiger charge is -2.40. The molecule has 3 aliphatic heterocycles. The zero-order chi connectivity index (χ0) is 28.6. The minimum atomic E-state index is -0.468. The summed E-state index contributed by atoms with van der Waals surface area (Å²) in [7, 11) is 2.95. The summed E-state index contributed by atoms with van der Waals surface area (Å²) in [5.74, 6) is 2.98. The van der Waals surface area contributed by atoms with Crippen molar-refractivity contribution in [1.29, 1.82) is 0 Å². The van der Waals surface area contributed by atoms with Gasteiger partial charge < -0.3 is 28.4 Å². The normalized spacial score (nSPS) is 22.7. The van der Waals surface area contributed by atoms with Crippen molar-refractivity contribution in [2.75, 3.05) is 40.4 Å². The van der Waals surface area contributed by atoms with Crippen LogP contribution in [0.1, 0.15) is 79.7 Å². The van der Waals surface area contributed by atoms with Gasteiger partial charge in [0, 0.05) is 19.6 Å². The number of ether oxygens (including phenoxy) is 3. The summed E-state index contributed by atoms with van der Waals surface area (Å²) in [6, 6.07) is 4.07. The molecule has 1 amide bonds. The number of carbonyl (C=O) groups is 1. The van der Waals surface area contributed by atoms with Crippen molar-refractivity contribution in [3.63, 3.8) is 0 Å². The molecule has 4 rings (SSSR count). The molecule has 0 spiro atoms. The van der Waals surface area contributed by atoms with E-state index in [1.54, 1.807) is 14.2 Å². The topological polar surface area (TPSA) is 69.7 Å². The van der Waals surface area contributed by atoms with Crippen LogP contribution in [0.5, 0.6) is 11.5 Å². The maximum absolute atomic E-state index is 12.4. The van der Waals surface area contributed by atoms with Gasteiger partial charge in [0.2, 0.25) is 0 Å². The summed E-state index contributed by atoms with van der Waals surface area (Å²) in [6.07, 6.45) is 4.29. The lowest BCUT2D eigenvalue weighted by atomic mass is 9.78. The SMILES string of the molecule is COc1cc(B2OC(C)(C)C(C)(C)O2)cc(OC)c1CN1CCC(C2CCN(C(=O)OC(C)(C)C)CC2)CC1. The zero-order valence-corrected chi connectivity index (χ0v) is 25.6. The van der Waals surface area contributed by atoms with Crippen molar-refractivity contribution in [3.05, 3.63) is 17.7 Å². The maximum Gasteiger partial charge on any atom is 0.495 e. The van der Waals surface area contributed by atoms with Gasteiger partial charge in [-0.25, -0.2) is 4.79 Å². The Balaban J connectivity index is 1.34. The second-order valence-electron chi connectivity index (χ2n) is 13.4. The van der Waals surface area contributed by atoms with Gasteiger partial charge in [-0.05, 0) is 117 Å². The second kappa shape index (κ2) is 11.5. The number of nitrogens with zero attached hydrogens (tertiary/aromatic N) is 2. The molecule has 218 valence electrons. The van der Waals surface area contributed by atoms with E-state index >= 15 is 0 Å². The van der Waals surface area contributed by atoms with Gasteiger partial charge in [0.25, 0.3) is 0 Å². The Bertz CT molecular complexity index is 966. The Morgan fingerprint density at radius 3 is 1.79 bits per heavy atom. The van der Waals surface area contributed by atoms with Crippen LogP contribution in [-0.2, 0) is 20.6 Å². The van der Waals surface area contributed by atoms with Gasteiger partial charge in [0.05, 0.1) is 31.0 Å². The molecule has 1 aromatic carbocycles. The first-order chi connectivity index (χ1) is 18.2. The first kappa shape index (κ1) is 30.0. The number of carbonyl (C=O) groups excluding carboxylic acids is 1. The van der Waals surface area contributed by atoms with Crippen molar-refractivity contribution in [2.45, 2.75) is 97.5 Å². The standard InChI is InChI=1S/C30H49BN2O6/c1-28(2,3)37-27(34)33-16-12-22(13-17-33)21-10-14-32(15-11-21)20-24-25(35-8)18-23(19-26(24)36-9)31-38-29(4,5)30(6,7)39-31/h18-19,21-22H,10-17,20H2,1-9H3. The minimum Gasteiger partial charge on any atom is -0.496 e. The molecule has 8 nitrogen and oxygen atoms in total. The fourth-order valence-electron chi connectivity index (χ4n) is 5.96. The van der Waals surface area contributed by atoms with Gasteiger partial charge in [-0.3, -0.25) is 4.90 Å². The van der Waals surface area contributed by atoms with E-state index in [1.807, 2.05) is 37.8 Å². The average molecular weight is 545 g/mol. The fraction of sp³-hybridized carbons (Fsp3) is 0.767. The average Bonchev–Trinajstić information content (AvgIpc) is 3.10. The van der Waals surface area contributed by atoms with Crippen LogP contribution < -0.4 is 14.9 Å². The highest BCUT2D eigenvalue weighted by Gasteiger charge is 2.52. The van der Waals surface area contributed by atoms with Gasteiger partial charge in [0.15, 0.2) is 0 Å². The van der Waals surface area contributed by atoms with Crippen LogP contribution in [0.4, 0.5) is 4.79 Å². The van der Waals surface area contributed by atoms with Crippen molar-refractivity contribution in [2.24, 2.45) is 11.8 Å². The number of hydrogen-bond donors (Lipinski definition) is 0. The molecule has 1 aromatic rings. The molecule has 0 atom stereocenters. The van der Waals surface area contributed by atoms with Crippen molar-refractivity contribution >= 4 is 18.7 Å². The quantitative estimate of drug-likeness (QED) is 0.474. The van der Waals surface area contributed by atoms with Crippen LogP contribution in [-0.4, -0.2) is 80.2 Å². The zero-order valence-electron chi connectivity index (χ0n) is 25.6. The first-order valence-electron chi connectivity index (χ1n) is 14.5. The Hall–Kier alpha value is -1.97. The van der Waals surface area contributed by atoms with E-state index in [1.165, 1.54) is 12.8 Å². The van der Waals surface area contributed by atoms with E-state index in [4.69, 9.17) is 23.5 Å². The van der Waals surface area contributed by atoms with Crippen LogP contribution in [0.2, 0.25) is 0 Å². The molecular formula is C30H49BN2O6. The van der Waals surface area contributed by atoms with E-state index in [2.05, 4.69) is 32.6 Å². The summed E-state index contributed by atoms with van der Waals surface area (Å²) < 4.78 is 29.8. The molecule has 0 radical (unpaired) electrons. The minimum absolute atomic E-state index is 0.178. The molecule has 0 aliphatic carbocycles. The van der Waals surface area contributed by atoms with Gasteiger partial charge in [-0.1, -0.05) is 0 Å². The van der Waals surface area contributed by atoms with Crippen LogP contribution >= 0.6 is 0 Å². The third-order valence-electron chi connectivity index (χ3n) is 9.03. The van der Waals surface area contributed by atoms with E-state index in [0.717, 1.165) is 68.1 Å². The molecular weight excluding hydrogens is 495 g/mol. The molecule has 9 heteroatoms. The highest BCUT2D eigenvalue weighted by atomic mass is 16.7. The highest BCUT2D eigenvalue weighted by Crippen LogP contribution is 2.39. The van der Waals surface area contributed by atoms with E-state index in [-0.39, 0.29) is 6.09 Å². The van der Waals surface area contributed by atoms with Crippen LogP contribution in [0.25, 0.3) is 0 Å². The molecule has 0 aromatic heterocycles. The maximum atomic E-state index is 12.4. The summed E-state index contributed by atoms with van der Waals surface area (Å²) in [4.78, 5) is 16.8. The number of amides is 1. The predicted molar refractivity (Wildman–Crippen MR) is 154 cm³/mol. The Morgan fingerprint density at radius 2 is 1.36 bits per heavy atom. The first-order valence-corrected chi connectivity index (χ1v) is 14.5. The third kappa shape index (κ3) is 6.85. The van der Waals surface area contributed by atoms with Crippen molar-refractivity contribution in [1.82, 2.24) is 9.80 Å². The monoisotopic (exact) mass is 544 g/mol. The highest BCUT2D eigenvalue weighted by molar-refractivity contribution is 6.62. The molecule has 3 saturated heterocycles. The largest absolute Gasteiger partial charge is 0.496 e. The Labute approximate surface area is 235 Å². The molecule has 0 unspecified atom stereocenters. The molecule has 0 saturated carbocycles. The number of benzene rings is 1. The Kier molecular flexibility index (Phi) is 8.84. The van der Waals surface area contributed by atoms with Crippen molar-refractivity contribution in [3.8, 4) is 11.5 Å². The molecule has 0 N–H and O–H groups in total. The van der Waals surface area contributed by atoms with E-state index < -0.39 is 23.9 Å². The lowest BCUT2D eigenvalue weighted by molar-refractivity contribution is 0.00578. The number of likely N-dealkylation sites (tertiary alicyclic amines) is 2. The number of methoxy groups -OCH3 is 2. The molecule has 39 heavy (non-hydrogen) atoms. The summed E-state index contributed by atoms with van der Waals surface area (Å²) in [6.45, 7) is 18.5. The number of piperidine rings is 2. The molecule has 3 fully saturated rings. The molecule has 3 aliphatic rings. The smallest absolute Gasteiger partial charge is 0.495 e. The molecule has 3 heterocycles. The lowest BCUT2D eigenvalue weighted by Crippen LogP contribution is -2.44. The van der Waals surface area contributed by atoms with Crippen LogP contribution in [0, 0.1) is 11.8 Å². The van der Waals surface area contributed by atoms with Crippen LogP contribution in [0.15, 0.2) is 12.1 Å². The van der Waals surface area contributed by atoms with E-state index in [9.17, 15) is 4.79 Å². The Morgan fingerprint density at radius 1 is 0.897 bits per heavy atom. The van der Waals surface area contributed by atoms with Gasteiger partial charge >= 0.3 is 13.2 Å². The molecule has 0 bridgehead atoms. The van der Waals surface area contributed by atoms with Crippen LogP contribution in [0.3, 0.4) is 0 Å². The third-order valence-corrected chi connectivity index (χ3v) is 9.03. The summed E-state index contributed by atoms with van der Waals surface area (Å²) in [5, 5.41) is 0. The number of rotatable bonds is 6. The summed E-state index contributed by atoms with van der Waals surface area (Å²) >= 11 is 0. The van der Waals surface area contributed by atoms with Gasteiger partial charge in [0.1, 0.15) is 17.1 Å². The van der Waals surface area contributed by atoms with Gasteiger partial charge in [-0.2, -0.15) is 0 Å². The van der Waals surface area contributed by atoms with Gasteiger partial charge in [-0.15, -0.1) is 0 Å². The second-order valence-corrected chi connectivity index (χ2v) is 13.4. The van der Waals surface area contributed by atoms with Crippen molar-refractivity contribution < 1.29 is 28.3 Å². The summed E-state index contributed by atoms with van der Waals surface area (Å²) in [5.41, 5.74) is 0.700. The fourth-order valence-corrected chi connectivity index (χ4v) is 5.96. The van der Waals surface area contributed by atoms with E-state index in [0.29, 0.717) is 11.8 Å². The predicted octanol–water partition coefficient (Wildman–Crippen LogP) is 4.86.